The normalized spacial score (nSPS) is 13.5. The number of aliphatic carboxylic acids is 1. The predicted molar refractivity (Wildman–Crippen MR) is 35.4 cm³/mol. The zero-order valence-corrected chi connectivity index (χ0v) is 5.96. The van der Waals surface area contributed by atoms with Crippen LogP contribution in [0.25, 0.3) is 0 Å². The minimum absolute atomic E-state index is 0.00333. The monoisotopic (exact) mass is 167 g/mol. The Bertz CT molecular complexity index is 130. The first kappa shape index (κ1) is 10.3. The van der Waals surface area contributed by atoms with Gasteiger partial charge in [0.2, 0.25) is 6.43 Å². The fourth-order valence-corrected chi connectivity index (χ4v) is 0.762. The minimum atomic E-state index is -2.47. The van der Waals surface area contributed by atoms with E-state index in [2.05, 4.69) is 0 Å². The maximum Gasteiger partial charge on any atom is 0.303 e. The van der Waals surface area contributed by atoms with Gasteiger partial charge in [0.25, 0.3) is 0 Å². The van der Waals surface area contributed by atoms with Crippen molar-refractivity contribution in [2.75, 3.05) is 6.54 Å². The third-order valence-corrected chi connectivity index (χ3v) is 1.31. The summed E-state index contributed by atoms with van der Waals surface area (Å²) in [7, 11) is 0. The molecule has 0 bridgehead atoms. The van der Waals surface area contributed by atoms with E-state index >= 15 is 0 Å². The number of carboxylic acids is 1. The Morgan fingerprint density at radius 2 is 2.09 bits per heavy atom. The number of nitrogens with two attached hydrogens (primary N) is 1. The van der Waals surface area contributed by atoms with Gasteiger partial charge in [0.15, 0.2) is 0 Å². The lowest BCUT2D eigenvalue weighted by Crippen LogP contribution is -2.20. The molecule has 1 atom stereocenters. The minimum Gasteiger partial charge on any atom is -0.481 e. The number of hydrogen-bond donors (Lipinski definition) is 2. The maximum atomic E-state index is 11.7. The topological polar surface area (TPSA) is 63.3 Å². The lowest BCUT2D eigenvalue weighted by atomic mass is 10.0. The number of hydrogen-bond acceptors (Lipinski definition) is 2. The molecule has 11 heavy (non-hydrogen) atoms. The van der Waals surface area contributed by atoms with Crippen molar-refractivity contribution in [1.82, 2.24) is 0 Å². The van der Waals surface area contributed by atoms with Crippen LogP contribution in [0.3, 0.4) is 0 Å². The van der Waals surface area contributed by atoms with Gasteiger partial charge in [-0.2, -0.15) is 0 Å². The third-order valence-electron chi connectivity index (χ3n) is 1.31. The highest BCUT2D eigenvalue weighted by Crippen LogP contribution is 2.12. The summed E-state index contributed by atoms with van der Waals surface area (Å²) in [6.45, 7) is -0.00333. The zero-order valence-electron chi connectivity index (χ0n) is 5.96. The number of alkyl halides is 2. The molecule has 1 unspecified atom stereocenters. The Hall–Kier alpha value is -0.710. The van der Waals surface area contributed by atoms with Crippen LogP contribution in [-0.2, 0) is 4.79 Å². The molecule has 3 N–H and O–H groups in total. The summed E-state index contributed by atoms with van der Waals surface area (Å²) in [6.07, 6.45) is -3.17. The standard InChI is InChI=1S/C6H11F2NO2/c7-5(8)1-4(3-9)2-6(10)11/h4-5H,1-3,9H2,(H,10,11). The molecule has 0 aliphatic carbocycles. The van der Waals surface area contributed by atoms with Gasteiger partial charge in [-0.1, -0.05) is 0 Å². The number of carboxylic acid groups (broad SMARTS) is 1. The molecular weight excluding hydrogens is 156 g/mol. The van der Waals surface area contributed by atoms with Crippen LogP contribution in [0.4, 0.5) is 8.78 Å². The number of carbonyl (C=O) groups is 1. The van der Waals surface area contributed by atoms with Crippen LogP contribution in [0.2, 0.25) is 0 Å². The van der Waals surface area contributed by atoms with Crippen LogP contribution in [0.15, 0.2) is 0 Å². The van der Waals surface area contributed by atoms with Gasteiger partial charge in [-0.05, 0) is 12.5 Å². The van der Waals surface area contributed by atoms with Crippen molar-refractivity contribution >= 4 is 5.97 Å². The Morgan fingerprint density at radius 3 is 2.36 bits per heavy atom. The molecule has 0 aliphatic heterocycles. The highest BCUT2D eigenvalue weighted by atomic mass is 19.3. The van der Waals surface area contributed by atoms with Crippen molar-refractivity contribution in [1.29, 1.82) is 0 Å². The molecule has 0 spiro atoms. The van der Waals surface area contributed by atoms with Crippen molar-refractivity contribution in [2.24, 2.45) is 11.7 Å². The fourth-order valence-electron chi connectivity index (χ4n) is 0.762. The summed E-state index contributed by atoms with van der Waals surface area (Å²) >= 11 is 0. The molecule has 0 aromatic rings. The smallest absolute Gasteiger partial charge is 0.303 e. The Balaban J connectivity index is 3.66. The van der Waals surface area contributed by atoms with Gasteiger partial charge in [-0.25, -0.2) is 8.78 Å². The second kappa shape index (κ2) is 5.01. The quantitative estimate of drug-likeness (QED) is 0.633. The van der Waals surface area contributed by atoms with Gasteiger partial charge >= 0.3 is 5.97 Å². The Kier molecular flexibility index (Phi) is 4.69. The van der Waals surface area contributed by atoms with Gasteiger partial charge in [0.05, 0.1) is 0 Å². The third kappa shape index (κ3) is 5.72. The fraction of sp³-hybridized carbons (Fsp3) is 0.833. The highest BCUT2D eigenvalue weighted by molar-refractivity contribution is 5.67. The molecule has 0 aliphatic rings. The summed E-state index contributed by atoms with van der Waals surface area (Å²) in [6, 6.07) is 0. The largest absolute Gasteiger partial charge is 0.481 e. The first-order valence-electron chi connectivity index (χ1n) is 3.26. The van der Waals surface area contributed by atoms with E-state index in [1.807, 2.05) is 0 Å². The van der Waals surface area contributed by atoms with E-state index in [4.69, 9.17) is 10.8 Å². The van der Waals surface area contributed by atoms with Gasteiger partial charge < -0.3 is 10.8 Å². The van der Waals surface area contributed by atoms with Crippen molar-refractivity contribution < 1.29 is 18.7 Å². The van der Waals surface area contributed by atoms with Crippen LogP contribution in [0.5, 0.6) is 0 Å². The first-order chi connectivity index (χ1) is 5.06. The van der Waals surface area contributed by atoms with Gasteiger partial charge in [0, 0.05) is 12.8 Å². The maximum absolute atomic E-state index is 11.7. The molecular formula is C6H11F2NO2. The van der Waals surface area contributed by atoms with E-state index in [1.54, 1.807) is 0 Å². The summed E-state index contributed by atoms with van der Waals surface area (Å²) in [5, 5.41) is 8.23. The van der Waals surface area contributed by atoms with Crippen molar-refractivity contribution in [3.05, 3.63) is 0 Å². The molecule has 0 saturated carbocycles. The zero-order chi connectivity index (χ0) is 8.85. The lowest BCUT2D eigenvalue weighted by Gasteiger charge is -2.10. The molecule has 5 heteroatoms. The molecule has 0 heterocycles. The second-order valence-electron chi connectivity index (χ2n) is 2.33. The van der Waals surface area contributed by atoms with Crippen LogP contribution < -0.4 is 5.73 Å². The molecule has 0 aromatic heterocycles. The average Bonchev–Trinajstić information content (AvgIpc) is 1.84. The second-order valence-corrected chi connectivity index (χ2v) is 2.33. The summed E-state index contributed by atoms with van der Waals surface area (Å²) in [5.41, 5.74) is 5.07. The van der Waals surface area contributed by atoms with E-state index in [0.29, 0.717) is 0 Å². The molecule has 0 amide bonds. The Morgan fingerprint density at radius 1 is 1.55 bits per heavy atom. The molecule has 66 valence electrons. The summed E-state index contributed by atoms with van der Waals surface area (Å²) in [5.74, 6) is -1.69. The van der Waals surface area contributed by atoms with E-state index in [9.17, 15) is 13.6 Å². The Labute approximate surface area is 63.2 Å². The number of rotatable bonds is 5. The highest BCUT2D eigenvalue weighted by Gasteiger charge is 2.16. The average molecular weight is 167 g/mol. The van der Waals surface area contributed by atoms with E-state index in [0.717, 1.165) is 0 Å². The van der Waals surface area contributed by atoms with Crippen molar-refractivity contribution in [3.63, 3.8) is 0 Å². The molecule has 3 nitrogen and oxygen atoms in total. The van der Waals surface area contributed by atoms with Crippen LogP contribution in [0.1, 0.15) is 12.8 Å². The SMILES string of the molecule is NCC(CC(=O)O)CC(F)F. The first-order valence-corrected chi connectivity index (χ1v) is 3.26. The molecule has 0 saturated heterocycles. The van der Waals surface area contributed by atoms with Gasteiger partial charge in [-0.15, -0.1) is 0 Å². The van der Waals surface area contributed by atoms with E-state index in [-0.39, 0.29) is 13.0 Å². The van der Waals surface area contributed by atoms with E-state index in [1.165, 1.54) is 0 Å². The van der Waals surface area contributed by atoms with Gasteiger partial charge in [0.1, 0.15) is 0 Å². The lowest BCUT2D eigenvalue weighted by molar-refractivity contribution is -0.138. The van der Waals surface area contributed by atoms with Crippen LogP contribution >= 0.6 is 0 Å². The van der Waals surface area contributed by atoms with Crippen molar-refractivity contribution in [2.45, 2.75) is 19.3 Å². The molecule has 0 fully saturated rings. The van der Waals surface area contributed by atoms with Gasteiger partial charge in [-0.3, -0.25) is 4.79 Å². The molecule has 0 radical (unpaired) electrons. The molecule has 0 rings (SSSR count). The van der Waals surface area contributed by atoms with Crippen LogP contribution in [0, 0.1) is 5.92 Å². The van der Waals surface area contributed by atoms with Crippen LogP contribution in [-0.4, -0.2) is 24.0 Å². The predicted octanol–water partition coefficient (Wildman–Crippen LogP) is 0.691. The van der Waals surface area contributed by atoms with Crippen molar-refractivity contribution in [3.8, 4) is 0 Å². The summed E-state index contributed by atoms with van der Waals surface area (Å²) < 4.78 is 23.3. The van der Waals surface area contributed by atoms with E-state index < -0.39 is 24.7 Å². The molecule has 0 aromatic carbocycles. The number of halogens is 2. The summed E-state index contributed by atoms with van der Waals surface area (Å²) in [4.78, 5) is 10.0.